The standard InChI is InChI=1S/C65H115N2O7P/c1-7-10-13-16-19-22-25-27-29-31-32-33-34-36-37-39-42-45-48-51-54-57-64(68)66-62(61-73-75(70,71)72-60-59-67(4,5)6)63(56-53-50-47-44-41-24-21-18-15-12-9-3)74-65(69)58-55-52-49-46-43-40-38-35-30-28-26-23-20-17-14-11-8-2/h10,13,19,22,27-30,32-33,36-37,42,45,53,56,62-63H,7-9,11-12,14-18,20-21,23-26,31,34-35,38-41,43-44,46-52,54-55,57-61H2,1-6H3,(H-,66,68,70,71)/p+1/b13-10-,22-19-,29-27-,30-28+,33-32-,37-36-,45-42-,56-53-. The van der Waals surface area contributed by atoms with Gasteiger partial charge in [0.25, 0.3) is 0 Å². The molecule has 9 nitrogen and oxygen atoms in total. The van der Waals surface area contributed by atoms with Crippen LogP contribution in [-0.2, 0) is 27.9 Å². The predicted molar refractivity (Wildman–Crippen MR) is 323 cm³/mol. The van der Waals surface area contributed by atoms with Crippen LogP contribution < -0.4 is 5.32 Å². The molecule has 3 unspecified atom stereocenters. The molecule has 0 fully saturated rings. The monoisotopic (exact) mass is 1070 g/mol. The normalized spacial score (nSPS) is 14.4. The zero-order valence-corrected chi connectivity index (χ0v) is 50.2. The first kappa shape index (κ1) is 71.9. The average molecular weight is 1070 g/mol. The lowest BCUT2D eigenvalue weighted by molar-refractivity contribution is -0.870. The Morgan fingerprint density at radius 2 is 0.853 bits per heavy atom. The quantitative estimate of drug-likeness (QED) is 0.0205. The number of phosphoric acid groups is 1. The van der Waals surface area contributed by atoms with Gasteiger partial charge in [-0.1, -0.05) is 227 Å². The molecule has 0 aromatic rings. The maximum atomic E-state index is 13.5. The van der Waals surface area contributed by atoms with Crippen LogP contribution in [0.3, 0.4) is 0 Å². The number of likely N-dealkylation sites (N-methyl/N-ethyl adjacent to an activating group) is 1. The van der Waals surface area contributed by atoms with E-state index in [4.69, 9.17) is 13.8 Å². The third-order valence-electron chi connectivity index (χ3n) is 13.0. The van der Waals surface area contributed by atoms with Crippen molar-refractivity contribution in [2.24, 2.45) is 0 Å². The molecule has 0 saturated heterocycles. The first-order chi connectivity index (χ1) is 36.4. The van der Waals surface area contributed by atoms with Crippen LogP contribution in [0, 0.1) is 0 Å². The van der Waals surface area contributed by atoms with E-state index < -0.39 is 20.0 Å². The van der Waals surface area contributed by atoms with Gasteiger partial charge in [0.2, 0.25) is 5.91 Å². The minimum atomic E-state index is -4.46. The van der Waals surface area contributed by atoms with Gasteiger partial charge in [0.05, 0.1) is 33.8 Å². The van der Waals surface area contributed by atoms with Gasteiger partial charge in [-0.15, -0.1) is 0 Å². The molecular weight excluding hydrogens is 952 g/mol. The SMILES string of the molecule is CC/C=C\C/C=C\C/C=C\C/C=C\C/C=C\C/C=C\CCCCC(=O)NC(COP(=O)(O)OCC[N+](C)(C)C)C(/C=C\CCCCCCCCCCC)OC(=O)CCCCCCCCC/C=C/CCCCCCCC. The van der Waals surface area contributed by atoms with Crippen molar-refractivity contribution in [1.82, 2.24) is 5.32 Å². The van der Waals surface area contributed by atoms with Crippen molar-refractivity contribution in [2.45, 2.75) is 264 Å². The number of hydrogen-bond acceptors (Lipinski definition) is 6. The molecule has 0 saturated carbocycles. The molecule has 1 amide bonds. The van der Waals surface area contributed by atoms with E-state index in [9.17, 15) is 19.0 Å². The number of amides is 1. The predicted octanol–water partition coefficient (Wildman–Crippen LogP) is 18.8. The van der Waals surface area contributed by atoms with Crippen molar-refractivity contribution in [2.75, 3.05) is 40.9 Å². The largest absolute Gasteiger partial charge is 0.472 e. The van der Waals surface area contributed by atoms with Crippen LogP contribution in [-0.4, -0.2) is 74.3 Å². The number of unbranched alkanes of at least 4 members (excludes halogenated alkanes) is 24. The molecular formula is C65H116N2O7P+. The van der Waals surface area contributed by atoms with Crippen molar-refractivity contribution >= 4 is 19.7 Å². The van der Waals surface area contributed by atoms with E-state index in [0.29, 0.717) is 17.4 Å². The Hall–Kier alpha value is -3.07. The molecule has 75 heavy (non-hydrogen) atoms. The molecule has 0 aliphatic carbocycles. The summed E-state index contributed by atoms with van der Waals surface area (Å²) in [6, 6.07) is -0.878. The third-order valence-corrected chi connectivity index (χ3v) is 14.0. The molecule has 0 aliphatic rings. The Morgan fingerprint density at radius 1 is 0.480 bits per heavy atom. The number of ether oxygens (including phenoxy) is 1. The van der Waals surface area contributed by atoms with Gasteiger partial charge in [-0.3, -0.25) is 18.6 Å². The zero-order valence-electron chi connectivity index (χ0n) is 49.3. The van der Waals surface area contributed by atoms with Crippen LogP contribution in [0.15, 0.2) is 97.2 Å². The second-order valence-corrected chi connectivity index (χ2v) is 22.9. The van der Waals surface area contributed by atoms with Crippen LogP contribution in [0.25, 0.3) is 0 Å². The van der Waals surface area contributed by atoms with Crippen molar-refractivity contribution in [3.05, 3.63) is 97.2 Å². The van der Waals surface area contributed by atoms with E-state index in [0.717, 1.165) is 103 Å². The van der Waals surface area contributed by atoms with Gasteiger partial charge in [0, 0.05) is 12.8 Å². The summed E-state index contributed by atoms with van der Waals surface area (Å²) in [4.78, 5) is 37.6. The van der Waals surface area contributed by atoms with Crippen LogP contribution in [0.5, 0.6) is 0 Å². The highest BCUT2D eigenvalue weighted by Gasteiger charge is 2.30. The van der Waals surface area contributed by atoms with Gasteiger partial charge < -0.3 is 19.4 Å². The van der Waals surface area contributed by atoms with Crippen LogP contribution in [0.4, 0.5) is 0 Å². The first-order valence-corrected chi connectivity index (χ1v) is 32.1. The summed E-state index contributed by atoms with van der Waals surface area (Å²) in [7, 11) is 1.45. The maximum Gasteiger partial charge on any atom is 0.472 e. The molecule has 10 heteroatoms. The van der Waals surface area contributed by atoms with Gasteiger partial charge in [-0.25, -0.2) is 4.57 Å². The number of allylic oxidation sites excluding steroid dienone is 15. The molecule has 0 radical (unpaired) electrons. The Morgan fingerprint density at radius 3 is 1.31 bits per heavy atom. The van der Waals surface area contributed by atoms with E-state index in [2.05, 4.69) is 111 Å². The Bertz CT molecular complexity index is 1610. The summed E-state index contributed by atoms with van der Waals surface area (Å²) < 4.78 is 30.6. The lowest BCUT2D eigenvalue weighted by atomic mass is 10.1. The van der Waals surface area contributed by atoms with Gasteiger partial charge >= 0.3 is 13.8 Å². The summed E-state index contributed by atoms with van der Waals surface area (Å²) in [5, 5.41) is 3.02. The van der Waals surface area contributed by atoms with Gasteiger partial charge in [0.15, 0.2) is 0 Å². The van der Waals surface area contributed by atoms with Crippen LogP contribution >= 0.6 is 7.82 Å². The molecule has 0 aromatic carbocycles. The van der Waals surface area contributed by atoms with E-state index in [1.54, 1.807) is 0 Å². The summed E-state index contributed by atoms with van der Waals surface area (Å²) in [6.45, 7) is 6.84. The average Bonchev–Trinajstić information content (AvgIpc) is 3.37. The molecule has 0 spiro atoms. The molecule has 2 N–H and O–H groups in total. The fourth-order valence-electron chi connectivity index (χ4n) is 8.29. The number of carbonyl (C=O) groups is 2. The Labute approximate surface area is 462 Å². The fourth-order valence-corrected chi connectivity index (χ4v) is 9.03. The molecule has 0 aliphatic heterocycles. The fraction of sp³-hybridized carbons (Fsp3) is 0.723. The molecule has 3 atom stereocenters. The highest BCUT2D eigenvalue weighted by atomic mass is 31.2. The lowest BCUT2D eigenvalue weighted by Gasteiger charge is -2.27. The number of nitrogens with zero attached hydrogens (tertiary/aromatic N) is 1. The first-order valence-electron chi connectivity index (χ1n) is 30.6. The molecule has 0 rings (SSSR count). The van der Waals surface area contributed by atoms with E-state index in [1.165, 1.54) is 109 Å². The highest BCUT2D eigenvalue weighted by Crippen LogP contribution is 2.43. The number of hydrogen-bond donors (Lipinski definition) is 2. The van der Waals surface area contributed by atoms with E-state index in [1.807, 2.05) is 33.3 Å². The molecule has 0 bridgehead atoms. The van der Waals surface area contributed by atoms with E-state index >= 15 is 0 Å². The number of quaternary nitrogens is 1. The molecule has 432 valence electrons. The number of rotatable bonds is 54. The van der Waals surface area contributed by atoms with Crippen molar-refractivity contribution < 1.29 is 37.3 Å². The van der Waals surface area contributed by atoms with Gasteiger partial charge in [-0.2, -0.15) is 0 Å². The smallest absolute Gasteiger partial charge is 0.456 e. The Kier molecular flexibility index (Phi) is 52.1. The zero-order chi connectivity index (χ0) is 55.0. The second kappa shape index (κ2) is 54.3. The highest BCUT2D eigenvalue weighted by molar-refractivity contribution is 7.47. The summed E-state index contributed by atoms with van der Waals surface area (Å²) >= 11 is 0. The summed E-state index contributed by atoms with van der Waals surface area (Å²) in [5.74, 6) is -0.565. The van der Waals surface area contributed by atoms with Gasteiger partial charge in [0.1, 0.15) is 19.3 Å². The maximum absolute atomic E-state index is 13.5. The number of esters is 1. The minimum Gasteiger partial charge on any atom is -0.456 e. The molecule has 0 aromatic heterocycles. The third kappa shape index (κ3) is 55.5. The van der Waals surface area contributed by atoms with E-state index in [-0.39, 0.29) is 37.9 Å². The van der Waals surface area contributed by atoms with Crippen molar-refractivity contribution in [1.29, 1.82) is 0 Å². The number of phosphoric ester groups is 1. The van der Waals surface area contributed by atoms with Crippen molar-refractivity contribution in [3.63, 3.8) is 0 Å². The Balaban J connectivity index is 5.33. The summed E-state index contributed by atoms with van der Waals surface area (Å²) in [6.07, 6.45) is 72.7. The van der Waals surface area contributed by atoms with Crippen LogP contribution in [0.2, 0.25) is 0 Å². The topological polar surface area (TPSA) is 111 Å². The lowest BCUT2D eigenvalue weighted by Crippen LogP contribution is -2.47. The molecule has 0 heterocycles. The second-order valence-electron chi connectivity index (χ2n) is 21.5. The van der Waals surface area contributed by atoms with Gasteiger partial charge in [-0.05, 0) is 109 Å². The van der Waals surface area contributed by atoms with Crippen molar-refractivity contribution in [3.8, 4) is 0 Å². The van der Waals surface area contributed by atoms with Crippen LogP contribution in [0.1, 0.15) is 252 Å². The minimum absolute atomic E-state index is 0.0266. The summed E-state index contributed by atoms with van der Waals surface area (Å²) in [5.41, 5.74) is 0. The number of nitrogens with one attached hydrogen (secondary N) is 1. The number of carbonyl (C=O) groups excluding carboxylic acids is 2.